The van der Waals surface area contributed by atoms with E-state index >= 15 is 0 Å². The van der Waals surface area contributed by atoms with E-state index in [1.807, 2.05) is 0 Å². The quantitative estimate of drug-likeness (QED) is 0.366. The predicted molar refractivity (Wildman–Crippen MR) is 16.1 cm³/mol. The summed E-state index contributed by atoms with van der Waals surface area (Å²) in [7, 11) is 0. The van der Waals surface area contributed by atoms with Gasteiger partial charge in [-0.2, -0.15) is 0 Å². The van der Waals surface area contributed by atoms with Gasteiger partial charge in [0.15, 0.2) is 0 Å². The fourth-order valence-corrected chi connectivity index (χ4v) is 0. The van der Waals surface area contributed by atoms with Crippen LogP contribution in [0.5, 0.6) is 0 Å². The van der Waals surface area contributed by atoms with Gasteiger partial charge >= 0.3 is 77.9 Å². The van der Waals surface area contributed by atoms with Crippen molar-refractivity contribution in [2.24, 2.45) is 0 Å². The Kier molecular flexibility index (Phi) is 135. The van der Waals surface area contributed by atoms with E-state index in [2.05, 4.69) is 0 Å². The minimum absolute atomic E-state index is 0. The number of carbonyl (C=O) groups is 2. The Morgan fingerprint density at radius 2 is 0.846 bits per heavy atom. The summed E-state index contributed by atoms with van der Waals surface area (Å²) in [6.07, 6.45) is -2.33. The molecule has 0 N–H and O–H groups in total. The van der Waals surface area contributed by atoms with Gasteiger partial charge in [0.25, 0.3) is 0 Å². The topological polar surface area (TPSA) is 103 Å². The second-order valence-corrected chi connectivity index (χ2v) is 0.742. The fraction of sp³-hybridized carbons (Fsp3) is 0.333. The van der Waals surface area contributed by atoms with Crippen molar-refractivity contribution in [3.8, 4) is 0 Å². The first kappa shape index (κ1) is 46.9. The maximum atomic E-state index is 8.89. The van der Waals surface area contributed by atoms with Crippen LogP contribution in [0.2, 0.25) is 0 Å². The molecule has 0 saturated carbocycles. The number of aliphatic carboxylic acids is 1. The van der Waals surface area contributed by atoms with Gasteiger partial charge in [0.05, 0.1) is 0 Å². The van der Waals surface area contributed by atoms with Gasteiger partial charge in [-0.25, -0.2) is 0 Å². The van der Waals surface area contributed by atoms with Crippen molar-refractivity contribution in [2.45, 2.75) is 6.92 Å². The van der Waals surface area contributed by atoms with E-state index < -0.39 is 12.1 Å². The summed E-state index contributed by atoms with van der Waals surface area (Å²) >= 11 is 0. The van der Waals surface area contributed by atoms with Gasteiger partial charge in [0.1, 0.15) is 0 Å². The van der Waals surface area contributed by atoms with Crippen LogP contribution in [0, 0.1) is 0 Å². The Hall–Kier alpha value is 1.52. The second-order valence-electron chi connectivity index (χ2n) is 0.742. The minimum Gasteiger partial charge on any atom is -1.00 e. The van der Waals surface area contributed by atoms with Crippen molar-refractivity contribution in [1.82, 2.24) is 0 Å². The average Bonchev–Trinajstić information content (AvgIpc) is 1.25. The van der Waals surface area contributed by atoms with Crippen molar-refractivity contribution >= 4 is 12.1 Å². The normalized spacial score (nSPS) is 3.77. The first-order chi connectivity index (χ1) is 3.46. The van der Waals surface area contributed by atoms with Gasteiger partial charge < -0.3 is 37.3 Å². The van der Waals surface area contributed by atoms with E-state index in [1.165, 1.54) is 0 Å². The molecule has 0 aliphatic rings. The summed E-state index contributed by atoms with van der Waals surface area (Å²) in [5, 5.41) is 25.6. The summed E-state index contributed by atoms with van der Waals surface area (Å²) in [6.45, 7) is 0.972. The van der Waals surface area contributed by atoms with Gasteiger partial charge in [0.2, 0.25) is 0 Å². The third-order valence-corrected chi connectivity index (χ3v) is 0. The van der Waals surface area contributed by atoms with Crippen LogP contribution in [0.4, 0.5) is 4.79 Å². The first-order valence-corrected chi connectivity index (χ1v) is 1.52. The van der Waals surface area contributed by atoms with Crippen molar-refractivity contribution in [3.63, 3.8) is 0 Å². The first-order valence-electron chi connectivity index (χ1n) is 1.52. The third kappa shape index (κ3) is 774. The molecule has 0 aromatic heterocycles. The number of halogens is 1. The van der Waals surface area contributed by atoms with Crippen LogP contribution < -0.4 is 27.7 Å². The van der Waals surface area contributed by atoms with Crippen LogP contribution in [0.15, 0.2) is 0 Å². The molecule has 10 heteroatoms. The molecule has 0 unspecified atom stereocenters. The van der Waals surface area contributed by atoms with Crippen LogP contribution >= 0.6 is 0 Å². The van der Waals surface area contributed by atoms with Gasteiger partial charge in [-0.05, 0) is 13.1 Å². The van der Waals surface area contributed by atoms with Gasteiger partial charge in [0, 0.05) is 5.97 Å². The molecule has 0 heterocycles. The van der Waals surface area contributed by atoms with E-state index in [0.717, 1.165) is 6.92 Å². The van der Waals surface area contributed by atoms with Crippen molar-refractivity contribution in [1.29, 1.82) is 0 Å². The number of rotatable bonds is 0. The van der Waals surface area contributed by atoms with Gasteiger partial charge in [-0.15, -0.1) is 0 Å². The summed E-state index contributed by atoms with van der Waals surface area (Å²) in [5.41, 5.74) is 0. The molecule has 0 aromatic carbocycles. The monoisotopic (exact) mass is 410 g/mol. The summed E-state index contributed by atoms with van der Waals surface area (Å²) < 4.78 is 0. The number of carboxylic acids is 1. The van der Waals surface area contributed by atoms with Gasteiger partial charge in [-0.3, -0.25) is 0 Å². The molecule has 0 aliphatic heterocycles. The summed E-state index contributed by atoms with van der Waals surface area (Å²) in [4.78, 5) is 17.2. The van der Waals surface area contributed by atoms with Crippen LogP contribution in [-0.2, 0) is 82.7 Å². The maximum absolute atomic E-state index is 8.89. The van der Waals surface area contributed by atoms with Crippen molar-refractivity contribution in [3.05, 3.63) is 0 Å². The van der Waals surface area contributed by atoms with Crippen LogP contribution in [-0.4, -0.2) is 12.1 Å². The predicted octanol–water partition coefficient (Wildman–Crippen LogP) is -6.70. The standard InChI is InChI=1S/C2H4O2.CH2O3.ClH.4Zn/c1-2(3)4;2-1(3)4;;;;;/h1H3,(H,3,4);(H2,2,3,4);1H;;;;/q;;;4*+2/p-4. The molecule has 0 atom stereocenters. The minimum atomic E-state index is -2.33. The zero-order chi connectivity index (χ0) is 7.15. The van der Waals surface area contributed by atoms with E-state index in [9.17, 15) is 0 Å². The number of carbonyl (C=O) groups excluding carboxylic acids is 2. The molecule has 0 amide bonds. The van der Waals surface area contributed by atoms with E-state index in [0.29, 0.717) is 0 Å². The number of hydrogen-bond acceptors (Lipinski definition) is 5. The van der Waals surface area contributed by atoms with E-state index in [4.69, 9.17) is 24.9 Å². The SMILES string of the molecule is CC(=O)[O-].O=C([O-])[O-].[Cl-].[Zn+2].[Zn+2].[Zn+2].[Zn+2]. The summed E-state index contributed by atoms with van der Waals surface area (Å²) in [5.74, 6) is -1.08. The average molecular weight is 416 g/mol. The molecule has 0 radical (unpaired) electrons. The van der Waals surface area contributed by atoms with Crippen LogP contribution in [0.3, 0.4) is 0 Å². The molecule has 0 rings (SSSR count). The zero-order valence-electron chi connectivity index (χ0n) is 7.25. The smallest absolute Gasteiger partial charge is 1.00 e. The third-order valence-electron chi connectivity index (χ3n) is 0. The zero-order valence-corrected chi connectivity index (χ0v) is 19.9. The van der Waals surface area contributed by atoms with Crippen LogP contribution in [0.25, 0.3) is 0 Å². The molecule has 13 heavy (non-hydrogen) atoms. The molecular weight excluding hydrogens is 413 g/mol. The molecule has 0 spiro atoms. The second kappa shape index (κ2) is 37.5. The molecule has 0 aromatic rings. The van der Waals surface area contributed by atoms with Gasteiger partial charge in [-0.1, -0.05) is 0 Å². The molecule has 0 bridgehead atoms. The van der Waals surface area contributed by atoms with Crippen molar-refractivity contribution < 1.29 is 115 Å². The molecule has 0 fully saturated rings. The largest absolute Gasteiger partial charge is 2.00 e. The van der Waals surface area contributed by atoms with Crippen LogP contribution in [0.1, 0.15) is 6.92 Å². The Labute approximate surface area is 133 Å². The molecule has 5 nitrogen and oxygen atoms in total. The molecule has 0 saturated heterocycles. The van der Waals surface area contributed by atoms with E-state index in [1.54, 1.807) is 0 Å². The fourth-order valence-electron chi connectivity index (χ4n) is 0. The summed E-state index contributed by atoms with van der Waals surface area (Å²) in [6, 6.07) is 0. The molecule has 0 aliphatic carbocycles. The Balaban J connectivity index is -0.00000000800. The molecular formula is C3H3ClO5Zn4+4. The molecule has 56 valence electrons. The maximum Gasteiger partial charge on any atom is 2.00 e. The Morgan fingerprint density at radius 3 is 0.846 bits per heavy atom. The Bertz CT molecular complexity index is 81.8. The number of carboxylic acid groups (broad SMARTS) is 3. The van der Waals surface area contributed by atoms with E-state index in [-0.39, 0.29) is 90.3 Å². The van der Waals surface area contributed by atoms with Crippen molar-refractivity contribution in [2.75, 3.05) is 0 Å². The Morgan fingerprint density at radius 1 is 0.846 bits per heavy atom. The number of hydrogen-bond donors (Lipinski definition) is 0.